The maximum absolute atomic E-state index is 12.9. The van der Waals surface area contributed by atoms with Crippen molar-refractivity contribution in [2.75, 3.05) is 0 Å². The molecule has 0 fully saturated rings. The van der Waals surface area contributed by atoms with Crippen LogP contribution in [0.25, 0.3) is 10.9 Å². The summed E-state index contributed by atoms with van der Waals surface area (Å²) in [5.74, 6) is -1.14. The first-order valence-corrected chi connectivity index (χ1v) is 9.67. The Labute approximate surface area is 164 Å². The van der Waals surface area contributed by atoms with Crippen molar-refractivity contribution in [3.63, 3.8) is 0 Å². The number of hydrogen-bond acceptors (Lipinski definition) is 4. The van der Waals surface area contributed by atoms with Crippen molar-refractivity contribution in [1.29, 1.82) is 0 Å². The molecule has 4 heteroatoms. The van der Waals surface area contributed by atoms with Crippen LogP contribution in [-0.2, 0) is 6.42 Å². The molecule has 0 bridgehead atoms. The number of fused-ring (bicyclic) bond motifs is 2. The number of pyridine rings is 1. The van der Waals surface area contributed by atoms with E-state index in [-0.39, 0.29) is 23.0 Å². The van der Waals surface area contributed by atoms with Crippen LogP contribution in [0.5, 0.6) is 5.75 Å². The molecule has 0 aliphatic heterocycles. The highest BCUT2D eigenvalue weighted by Gasteiger charge is 2.42. The van der Waals surface area contributed by atoms with Gasteiger partial charge in [-0.15, -0.1) is 0 Å². The monoisotopic (exact) mass is 373 g/mol. The van der Waals surface area contributed by atoms with Gasteiger partial charge in [0.05, 0.1) is 5.52 Å². The van der Waals surface area contributed by atoms with Crippen molar-refractivity contribution in [2.45, 2.75) is 39.5 Å². The van der Waals surface area contributed by atoms with Gasteiger partial charge in [-0.1, -0.05) is 37.6 Å². The molecule has 2 aromatic carbocycles. The SMILES string of the molecule is Cc1ccc2c(c1)C(=O)C(c1nc3ccc(CCC(C)C)cc3cc1O)C2=O. The average Bonchev–Trinajstić information content (AvgIpc) is 2.89. The first-order valence-electron chi connectivity index (χ1n) is 9.67. The molecule has 1 atom stereocenters. The number of carbonyl (C=O) groups excluding carboxylic acids is 2. The van der Waals surface area contributed by atoms with Crippen LogP contribution >= 0.6 is 0 Å². The normalized spacial score (nSPS) is 16.2. The van der Waals surface area contributed by atoms with Crippen molar-refractivity contribution in [3.8, 4) is 5.75 Å². The lowest BCUT2D eigenvalue weighted by atomic mass is 9.96. The summed E-state index contributed by atoms with van der Waals surface area (Å²) in [6, 6.07) is 12.8. The summed E-state index contributed by atoms with van der Waals surface area (Å²) in [5, 5.41) is 11.4. The number of carbonyl (C=O) groups is 2. The van der Waals surface area contributed by atoms with Gasteiger partial charge in [-0.05, 0) is 55.5 Å². The summed E-state index contributed by atoms with van der Waals surface area (Å²) in [7, 11) is 0. The third-order valence-corrected chi connectivity index (χ3v) is 5.40. The summed E-state index contributed by atoms with van der Waals surface area (Å²) in [4.78, 5) is 30.2. The van der Waals surface area contributed by atoms with E-state index in [0.29, 0.717) is 22.6 Å². The average molecular weight is 373 g/mol. The molecule has 0 amide bonds. The van der Waals surface area contributed by atoms with Gasteiger partial charge in [0.25, 0.3) is 0 Å². The molecule has 0 spiro atoms. The second-order valence-corrected chi connectivity index (χ2v) is 8.06. The third kappa shape index (κ3) is 3.09. The van der Waals surface area contributed by atoms with E-state index in [4.69, 9.17) is 0 Å². The maximum atomic E-state index is 12.9. The van der Waals surface area contributed by atoms with E-state index in [2.05, 4.69) is 18.8 Å². The molecule has 1 aliphatic carbocycles. The zero-order chi connectivity index (χ0) is 20.0. The first kappa shape index (κ1) is 18.4. The summed E-state index contributed by atoms with van der Waals surface area (Å²) < 4.78 is 0. The van der Waals surface area contributed by atoms with Gasteiger partial charge >= 0.3 is 0 Å². The number of rotatable bonds is 4. The van der Waals surface area contributed by atoms with E-state index < -0.39 is 5.92 Å². The molecule has 3 aromatic rings. The largest absolute Gasteiger partial charge is 0.506 e. The maximum Gasteiger partial charge on any atom is 0.180 e. The zero-order valence-corrected chi connectivity index (χ0v) is 16.3. The number of aromatic nitrogens is 1. The number of aromatic hydroxyl groups is 1. The quantitative estimate of drug-likeness (QED) is 0.654. The van der Waals surface area contributed by atoms with Gasteiger partial charge in [-0.3, -0.25) is 9.59 Å². The van der Waals surface area contributed by atoms with Gasteiger partial charge in [-0.25, -0.2) is 4.98 Å². The molecule has 0 radical (unpaired) electrons. The molecule has 28 heavy (non-hydrogen) atoms. The minimum absolute atomic E-state index is 0.107. The molecule has 0 saturated heterocycles. The van der Waals surface area contributed by atoms with Crippen LogP contribution in [0.1, 0.15) is 63.7 Å². The second-order valence-electron chi connectivity index (χ2n) is 8.06. The van der Waals surface area contributed by atoms with E-state index >= 15 is 0 Å². The molecule has 1 aromatic heterocycles. The number of nitrogens with zero attached hydrogens (tertiary/aromatic N) is 1. The molecule has 0 saturated carbocycles. The smallest absolute Gasteiger partial charge is 0.180 e. The van der Waals surface area contributed by atoms with Crippen molar-refractivity contribution in [1.82, 2.24) is 4.98 Å². The van der Waals surface area contributed by atoms with Crippen LogP contribution in [0.2, 0.25) is 0 Å². The predicted molar refractivity (Wildman–Crippen MR) is 109 cm³/mol. The molecule has 142 valence electrons. The van der Waals surface area contributed by atoms with Crippen LogP contribution in [0, 0.1) is 12.8 Å². The van der Waals surface area contributed by atoms with Crippen LogP contribution in [0.4, 0.5) is 0 Å². The van der Waals surface area contributed by atoms with Gasteiger partial charge in [0.2, 0.25) is 0 Å². The molecule has 1 unspecified atom stereocenters. The van der Waals surface area contributed by atoms with Crippen LogP contribution in [0.15, 0.2) is 42.5 Å². The van der Waals surface area contributed by atoms with Gasteiger partial charge in [0.1, 0.15) is 17.4 Å². The third-order valence-electron chi connectivity index (χ3n) is 5.40. The highest BCUT2D eigenvalue weighted by Crippen LogP contribution is 2.38. The topological polar surface area (TPSA) is 67.3 Å². The van der Waals surface area contributed by atoms with Crippen LogP contribution < -0.4 is 0 Å². The molecule has 4 nitrogen and oxygen atoms in total. The Hall–Kier alpha value is -3.01. The Morgan fingerprint density at radius 3 is 2.50 bits per heavy atom. The fourth-order valence-electron chi connectivity index (χ4n) is 3.81. The number of hydrogen-bond donors (Lipinski definition) is 1. The van der Waals surface area contributed by atoms with Crippen LogP contribution in [0.3, 0.4) is 0 Å². The van der Waals surface area contributed by atoms with Crippen molar-refractivity contribution >= 4 is 22.5 Å². The van der Waals surface area contributed by atoms with E-state index in [0.717, 1.165) is 23.8 Å². The van der Waals surface area contributed by atoms with Crippen molar-refractivity contribution in [3.05, 3.63) is 70.4 Å². The lowest BCUT2D eigenvalue weighted by molar-refractivity contribution is 0.0886. The zero-order valence-electron chi connectivity index (χ0n) is 16.3. The van der Waals surface area contributed by atoms with Gasteiger partial charge in [0, 0.05) is 16.5 Å². The molecule has 1 N–H and O–H groups in total. The minimum atomic E-state index is -1.07. The van der Waals surface area contributed by atoms with Crippen molar-refractivity contribution in [2.24, 2.45) is 5.92 Å². The Kier molecular flexibility index (Phi) is 4.50. The molecule has 1 heterocycles. The highest BCUT2D eigenvalue weighted by molar-refractivity contribution is 6.29. The van der Waals surface area contributed by atoms with E-state index in [1.54, 1.807) is 18.2 Å². The van der Waals surface area contributed by atoms with E-state index in [1.165, 1.54) is 5.56 Å². The first-order chi connectivity index (χ1) is 13.3. The Morgan fingerprint density at radius 2 is 1.75 bits per heavy atom. The lowest BCUT2D eigenvalue weighted by Gasteiger charge is -2.11. The Bertz CT molecular complexity index is 1110. The molecular formula is C24H23NO3. The minimum Gasteiger partial charge on any atom is -0.506 e. The molecular weight excluding hydrogens is 350 g/mol. The predicted octanol–water partition coefficient (Wildman–Crippen LogP) is 5.00. The molecule has 1 aliphatic rings. The summed E-state index contributed by atoms with van der Waals surface area (Å²) in [5.41, 5.74) is 3.75. The number of aryl methyl sites for hydroxylation is 2. The van der Waals surface area contributed by atoms with Crippen LogP contribution in [-0.4, -0.2) is 21.7 Å². The lowest BCUT2D eigenvalue weighted by Crippen LogP contribution is -2.14. The van der Waals surface area contributed by atoms with E-state index in [1.807, 2.05) is 31.2 Å². The summed E-state index contributed by atoms with van der Waals surface area (Å²) >= 11 is 0. The number of benzene rings is 2. The summed E-state index contributed by atoms with van der Waals surface area (Å²) in [6.07, 6.45) is 2.05. The fraction of sp³-hybridized carbons (Fsp3) is 0.292. The van der Waals surface area contributed by atoms with E-state index in [9.17, 15) is 14.7 Å². The molecule has 4 rings (SSSR count). The van der Waals surface area contributed by atoms with Gasteiger partial charge in [-0.2, -0.15) is 0 Å². The second kappa shape index (κ2) is 6.86. The number of Topliss-reactive ketones (excluding diaryl/α,β-unsaturated/α-hetero) is 2. The van der Waals surface area contributed by atoms with Gasteiger partial charge < -0.3 is 5.11 Å². The van der Waals surface area contributed by atoms with Crippen molar-refractivity contribution < 1.29 is 14.7 Å². The Balaban J connectivity index is 1.73. The standard InChI is InChI=1S/C24H23NO3/c1-13(2)4-6-15-7-9-19-16(11-15)12-20(26)22(25-19)21-23(27)17-8-5-14(3)10-18(17)24(21)28/h5,7-13,21,26H,4,6H2,1-3H3. The van der Waals surface area contributed by atoms with Gasteiger partial charge in [0.15, 0.2) is 11.6 Å². The highest BCUT2D eigenvalue weighted by atomic mass is 16.3. The fourth-order valence-corrected chi connectivity index (χ4v) is 3.81. The Morgan fingerprint density at radius 1 is 1.00 bits per heavy atom. The number of ketones is 2. The summed E-state index contributed by atoms with van der Waals surface area (Å²) in [6.45, 7) is 6.26.